The Balaban J connectivity index is 1.95. The highest BCUT2D eigenvalue weighted by Gasteiger charge is 2.44. The number of hydrogen-bond donors (Lipinski definition) is 8. The van der Waals surface area contributed by atoms with Gasteiger partial charge in [0.25, 0.3) is 0 Å². The zero-order valence-corrected chi connectivity index (χ0v) is 16.0. The number of aliphatic hydroxyl groups excluding tert-OH is 3. The summed E-state index contributed by atoms with van der Waals surface area (Å²) in [5, 5.41) is 78.1. The van der Waals surface area contributed by atoms with Crippen molar-refractivity contribution in [2.45, 2.75) is 24.6 Å². The Hall–Kier alpha value is -3.71. The van der Waals surface area contributed by atoms with Crippen LogP contribution in [-0.4, -0.2) is 72.1 Å². The van der Waals surface area contributed by atoms with Gasteiger partial charge in [-0.25, -0.2) is 0 Å². The van der Waals surface area contributed by atoms with E-state index in [2.05, 4.69) is 0 Å². The third-order valence-electron chi connectivity index (χ3n) is 4.98. The van der Waals surface area contributed by atoms with Crippen LogP contribution in [0.4, 0.5) is 0 Å². The van der Waals surface area contributed by atoms with Crippen LogP contribution in [0, 0.1) is 0 Å². The molecule has 1 aliphatic heterocycles. The van der Waals surface area contributed by atoms with E-state index in [1.54, 1.807) is 0 Å². The second-order valence-electron chi connectivity index (χ2n) is 7.12. The van der Waals surface area contributed by atoms with Gasteiger partial charge >= 0.3 is 0 Å². The fraction of sp³-hybridized carbons (Fsp3) is 0.250. The van der Waals surface area contributed by atoms with E-state index in [4.69, 9.17) is 13.9 Å². The first-order valence-electron chi connectivity index (χ1n) is 9.19. The normalized spacial score (nSPS) is 23.0. The zero-order valence-electron chi connectivity index (χ0n) is 16.0. The van der Waals surface area contributed by atoms with Crippen LogP contribution in [-0.2, 0) is 4.74 Å². The average Bonchev–Trinajstić information content (AvgIpc) is 3.00. The van der Waals surface area contributed by atoms with Crippen LogP contribution in [0.3, 0.4) is 0 Å². The molecule has 0 spiro atoms. The van der Waals surface area contributed by atoms with Gasteiger partial charge in [-0.1, -0.05) is 0 Å². The van der Waals surface area contributed by atoms with Crippen molar-refractivity contribution >= 4 is 11.0 Å². The van der Waals surface area contributed by atoms with E-state index in [1.165, 1.54) is 0 Å². The van der Waals surface area contributed by atoms with Crippen molar-refractivity contribution < 1.29 is 54.7 Å². The molecular weight excluding hydrogens is 432 g/mol. The monoisotopic (exact) mass is 450 g/mol. The summed E-state index contributed by atoms with van der Waals surface area (Å²) in [7, 11) is 0. The molecule has 0 amide bonds. The molecule has 1 aromatic heterocycles. The largest absolute Gasteiger partial charge is 0.508 e. The lowest BCUT2D eigenvalue weighted by atomic mass is 10.1. The molecule has 4 rings (SSSR count). The Morgan fingerprint density at radius 3 is 2.16 bits per heavy atom. The van der Waals surface area contributed by atoms with E-state index in [0.717, 1.165) is 24.3 Å². The van der Waals surface area contributed by atoms with Crippen molar-refractivity contribution in [3.63, 3.8) is 0 Å². The highest BCUT2D eigenvalue weighted by Crippen LogP contribution is 2.43. The van der Waals surface area contributed by atoms with Gasteiger partial charge in [0.15, 0.2) is 23.0 Å². The third-order valence-corrected chi connectivity index (χ3v) is 4.98. The van der Waals surface area contributed by atoms with E-state index in [1.807, 2.05) is 0 Å². The van der Waals surface area contributed by atoms with Gasteiger partial charge in [0.05, 0.1) is 6.61 Å². The minimum Gasteiger partial charge on any atom is -0.508 e. The van der Waals surface area contributed by atoms with Gasteiger partial charge in [0.1, 0.15) is 40.8 Å². The summed E-state index contributed by atoms with van der Waals surface area (Å²) in [4.78, 5) is 13.2. The van der Waals surface area contributed by atoms with E-state index >= 15 is 0 Å². The van der Waals surface area contributed by atoms with Crippen molar-refractivity contribution in [3.8, 4) is 45.8 Å². The number of phenolic OH excluding ortho intramolecular Hbond substituents is 5. The molecule has 2 heterocycles. The van der Waals surface area contributed by atoms with Crippen molar-refractivity contribution in [3.05, 3.63) is 34.5 Å². The zero-order chi connectivity index (χ0) is 23.3. The van der Waals surface area contributed by atoms with Crippen LogP contribution in [0.1, 0.15) is 0 Å². The number of ether oxygens (including phenoxy) is 2. The molecule has 1 saturated heterocycles. The molecule has 0 radical (unpaired) electrons. The summed E-state index contributed by atoms with van der Waals surface area (Å²) in [5.41, 5.74) is -1.44. The second kappa shape index (κ2) is 7.76. The first-order chi connectivity index (χ1) is 15.1. The van der Waals surface area contributed by atoms with E-state index in [0.29, 0.717) is 0 Å². The van der Waals surface area contributed by atoms with Crippen LogP contribution in [0.15, 0.2) is 33.5 Å². The Labute approximate surface area is 178 Å². The maximum Gasteiger partial charge on any atom is 0.239 e. The molecule has 4 atom stereocenters. The van der Waals surface area contributed by atoms with E-state index in [9.17, 15) is 45.6 Å². The van der Waals surface area contributed by atoms with Crippen molar-refractivity contribution in [2.75, 3.05) is 6.61 Å². The number of benzene rings is 2. The minimum atomic E-state index is -1.68. The molecule has 0 saturated carbocycles. The molecule has 0 bridgehead atoms. The quantitative estimate of drug-likeness (QED) is 0.243. The van der Waals surface area contributed by atoms with Crippen molar-refractivity contribution in [1.29, 1.82) is 0 Å². The van der Waals surface area contributed by atoms with Gasteiger partial charge < -0.3 is 54.7 Å². The van der Waals surface area contributed by atoms with Gasteiger partial charge in [-0.2, -0.15) is 0 Å². The second-order valence-corrected chi connectivity index (χ2v) is 7.12. The molecule has 12 nitrogen and oxygen atoms in total. The fourth-order valence-electron chi connectivity index (χ4n) is 3.38. The topological polar surface area (TPSA) is 211 Å². The average molecular weight is 450 g/mol. The number of phenols is 5. The minimum absolute atomic E-state index is 0.165. The van der Waals surface area contributed by atoms with Crippen molar-refractivity contribution in [1.82, 2.24) is 0 Å². The standard InChI is InChI=1S/C20H18O12/c21-5-12-15(27)17(29)20(31-12)32-19-16(28)13-8(23)3-7(22)4-11(13)30-18(19)6-1-9(24)14(26)10(25)2-6/h1-4,12,15,17,20-27,29H,5H2/t12-,15-,17+,20?/m1/s1. The van der Waals surface area contributed by atoms with Gasteiger partial charge in [0.2, 0.25) is 17.5 Å². The smallest absolute Gasteiger partial charge is 0.239 e. The summed E-state index contributed by atoms with van der Waals surface area (Å²) >= 11 is 0. The highest BCUT2D eigenvalue weighted by molar-refractivity contribution is 5.88. The first-order valence-corrected chi connectivity index (χ1v) is 9.19. The highest BCUT2D eigenvalue weighted by atomic mass is 16.7. The molecule has 0 aliphatic carbocycles. The maximum atomic E-state index is 13.2. The summed E-state index contributed by atoms with van der Waals surface area (Å²) in [6.07, 6.45) is -6.06. The van der Waals surface area contributed by atoms with Crippen LogP contribution in [0.5, 0.6) is 34.5 Å². The molecule has 170 valence electrons. The van der Waals surface area contributed by atoms with E-state index < -0.39 is 82.3 Å². The number of aliphatic hydroxyl groups is 3. The molecule has 12 heteroatoms. The van der Waals surface area contributed by atoms with Gasteiger partial charge in [0, 0.05) is 17.7 Å². The van der Waals surface area contributed by atoms with Gasteiger partial charge in [-0.3, -0.25) is 4.79 Å². The molecule has 32 heavy (non-hydrogen) atoms. The van der Waals surface area contributed by atoms with Crippen LogP contribution in [0.2, 0.25) is 0 Å². The summed E-state index contributed by atoms with van der Waals surface area (Å²) in [6.45, 7) is -0.656. The first kappa shape index (κ1) is 21.5. The van der Waals surface area contributed by atoms with Crippen LogP contribution in [0.25, 0.3) is 22.3 Å². The van der Waals surface area contributed by atoms with Gasteiger partial charge in [-0.15, -0.1) is 0 Å². The lowest BCUT2D eigenvalue weighted by Crippen LogP contribution is -2.36. The maximum absolute atomic E-state index is 13.2. The molecule has 1 aliphatic rings. The summed E-state index contributed by atoms with van der Waals surface area (Å²) < 4.78 is 16.3. The Bertz CT molecular complexity index is 1230. The lowest BCUT2D eigenvalue weighted by molar-refractivity contribution is -0.117. The summed E-state index contributed by atoms with van der Waals surface area (Å²) in [6, 6.07) is 3.78. The molecule has 8 N–H and O–H groups in total. The number of hydrogen-bond acceptors (Lipinski definition) is 12. The Morgan fingerprint density at radius 1 is 0.906 bits per heavy atom. The predicted octanol–water partition coefficient (Wildman–Crippen LogP) is -0.194. The molecule has 1 unspecified atom stereocenters. The fourth-order valence-corrected chi connectivity index (χ4v) is 3.38. The lowest BCUT2D eigenvalue weighted by Gasteiger charge is -2.19. The predicted molar refractivity (Wildman–Crippen MR) is 105 cm³/mol. The SMILES string of the molecule is O=c1c(OC2O[C@H](CO)[C@@H](O)[C@@H]2O)c(-c2cc(O)c(O)c(O)c2)oc2cc(O)cc(O)c12. The number of rotatable bonds is 4. The molecule has 1 fully saturated rings. The van der Waals surface area contributed by atoms with Crippen LogP contribution < -0.4 is 10.2 Å². The van der Waals surface area contributed by atoms with Gasteiger partial charge in [-0.05, 0) is 12.1 Å². The van der Waals surface area contributed by atoms with E-state index in [-0.39, 0.29) is 11.1 Å². The molecular formula is C20H18O12. The summed E-state index contributed by atoms with van der Waals surface area (Å²) in [5.74, 6) is -4.53. The number of aromatic hydroxyl groups is 5. The molecule has 3 aromatic rings. The number of fused-ring (bicyclic) bond motifs is 1. The Morgan fingerprint density at radius 2 is 1.56 bits per heavy atom. The van der Waals surface area contributed by atoms with Crippen molar-refractivity contribution in [2.24, 2.45) is 0 Å². The molecule has 2 aromatic carbocycles. The van der Waals surface area contributed by atoms with Crippen LogP contribution >= 0.6 is 0 Å². The Kier molecular flexibility index (Phi) is 5.22. The third kappa shape index (κ3) is 3.40.